The minimum absolute atomic E-state index is 0.803. The number of nitrogen functional groups attached to an aromatic ring is 1. The van der Waals surface area contributed by atoms with E-state index in [0.29, 0.717) is 0 Å². The second-order valence-electron chi connectivity index (χ2n) is 5.27. The second-order valence-corrected chi connectivity index (χ2v) is 5.27. The normalized spacial score (nSPS) is 17.2. The predicted octanol–water partition coefficient (Wildman–Crippen LogP) is 2.17. The minimum atomic E-state index is 0.803. The lowest BCUT2D eigenvalue weighted by Crippen LogP contribution is -2.31. The molecule has 1 aliphatic heterocycles. The molecule has 1 fully saturated rings. The maximum atomic E-state index is 5.96. The lowest BCUT2D eigenvalue weighted by molar-refractivity contribution is 0.0559. The van der Waals surface area contributed by atoms with E-state index in [0.717, 1.165) is 37.8 Å². The lowest BCUT2D eigenvalue weighted by Gasteiger charge is -2.27. The monoisotopic (exact) mass is 248 g/mol. The van der Waals surface area contributed by atoms with Crippen molar-refractivity contribution in [1.82, 2.24) is 4.90 Å². The van der Waals surface area contributed by atoms with Crippen molar-refractivity contribution in [2.45, 2.75) is 19.3 Å². The minimum Gasteiger partial charge on any atom is -0.399 e. The van der Waals surface area contributed by atoms with E-state index in [9.17, 15) is 0 Å². The summed E-state index contributed by atoms with van der Waals surface area (Å²) in [5, 5.41) is 0. The molecule has 2 N–H and O–H groups in total. The number of hydrogen-bond donors (Lipinski definition) is 1. The van der Waals surface area contributed by atoms with Crippen LogP contribution in [0.3, 0.4) is 0 Å². The van der Waals surface area contributed by atoms with Gasteiger partial charge in [-0.2, -0.15) is 0 Å². The van der Waals surface area contributed by atoms with Crippen LogP contribution in [0.2, 0.25) is 0 Å². The smallest absolute Gasteiger partial charge is 0.0469 e. The maximum Gasteiger partial charge on any atom is 0.0469 e. The van der Waals surface area contributed by atoms with E-state index in [-0.39, 0.29) is 0 Å². The van der Waals surface area contributed by atoms with Gasteiger partial charge in [-0.15, -0.1) is 0 Å². The Morgan fingerprint density at radius 2 is 2.00 bits per heavy atom. The van der Waals surface area contributed by atoms with Gasteiger partial charge in [-0.25, -0.2) is 0 Å². The van der Waals surface area contributed by atoms with Crippen molar-refractivity contribution < 1.29 is 4.74 Å². The van der Waals surface area contributed by atoms with Crippen molar-refractivity contribution in [2.24, 2.45) is 5.92 Å². The average Bonchev–Trinajstić information content (AvgIpc) is 2.39. The lowest BCUT2D eigenvalue weighted by atomic mass is 9.99. The molecule has 100 valence electrons. The molecular weight excluding hydrogens is 224 g/mol. The molecule has 3 nitrogen and oxygen atoms in total. The molecular formula is C15H24N2O. The van der Waals surface area contributed by atoms with Gasteiger partial charge in [-0.05, 0) is 43.9 Å². The number of nitrogens with two attached hydrogens (primary N) is 1. The van der Waals surface area contributed by atoms with E-state index >= 15 is 0 Å². The molecule has 1 aromatic rings. The zero-order valence-electron chi connectivity index (χ0n) is 11.3. The van der Waals surface area contributed by atoms with Gasteiger partial charge >= 0.3 is 0 Å². The fourth-order valence-electron chi connectivity index (χ4n) is 2.53. The van der Waals surface area contributed by atoms with Crippen LogP contribution in [0.4, 0.5) is 5.69 Å². The molecule has 0 bridgehead atoms. The number of ether oxygens (including phenoxy) is 1. The highest BCUT2D eigenvalue weighted by molar-refractivity contribution is 5.46. The summed E-state index contributed by atoms with van der Waals surface area (Å²) in [5.41, 5.74) is 8.13. The number of likely N-dealkylation sites (N-methyl/N-ethyl adjacent to an activating group) is 1. The van der Waals surface area contributed by atoms with E-state index in [4.69, 9.17) is 10.5 Å². The summed E-state index contributed by atoms with van der Waals surface area (Å²) in [6.07, 6.45) is 3.45. The Hall–Kier alpha value is -1.06. The summed E-state index contributed by atoms with van der Waals surface area (Å²) in [7, 11) is 2.20. The number of benzene rings is 1. The van der Waals surface area contributed by atoms with Gasteiger partial charge in [-0.3, -0.25) is 0 Å². The molecule has 0 unspecified atom stereocenters. The highest BCUT2D eigenvalue weighted by Gasteiger charge is 2.15. The highest BCUT2D eigenvalue weighted by atomic mass is 16.5. The number of anilines is 1. The summed E-state index contributed by atoms with van der Waals surface area (Å²) < 4.78 is 5.39. The Morgan fingerprint density at radius 3 is 2.72 bits per heavy atom. The van der Waals surface area contributed by atoms with Crippen LogP contribution in [0.1, 0.15) is 18.4 Å². The standard InChI is InChI=1S/C15H24N2O/c1-17(12-13-7-10-18-11-8-13)9-6-14-4-2-3-5-15(14)16/h2-5,13H,6-12,16H2,1H3. The molecule has 1 saturated heterocycles. The molecule has 1 aliphatic rings. The molecule has 0 amide bonds. The Labute approximate surface area is 110 Å². The largest absolute Gasteiger partial charge is 0.399 e. The van der Waals surface area contributed by atoms with Crippen LogP contribution >= 0.6 is 0 Å². The molecule has 2 rings (SSSR count). The maximum absolute atomic E-state index is 5.96. The van der Waals surface area contributed by atoms with Crippen molar-refractivity contribution >= 4 is 5.69 Å². The van der Waals surface area contributed by atoms with E-state index in [1.807, 2.05) is 12.1 Å². The van der Waals surface area contributed by atoms with Crippen LogP contribution in [-0.4, -0.2) is 38.3 Å². The number of nitrogens with zero attached hydrogens (tertiary/aromatic N) is 1. The summed E-state index contributed by atoms with van der Waals surface area (Å²) in [5.74, 6) is 0.803. The second kappa shape index (κ2) is 6.76. The summed E-state index contributed by atoms with van der Waals surface area (Å²) in [4.78, 5) is 2.42. The molecule has 0 radical (unpaired) electrons. The van der Waals surface area contributed by atoms with Gasteiger partial charge in [-0.1, -0.05) is 18.2 Å². The van der Waals surface area contributed by atoms with Gasteiger partial charge in [0.1, 0.15) is 0 Å². The molecule has 0 aliphatic carbocycles. The third-order valence-corrected chi connectivity index (χ3v) is 3.73. The van der Waals surface area contributed by atoms with Gasteiger partial charge in [0.25, 0.3) is 0 Å². The van der Waals surface area contributed by atoms with Crippen LogP contribution in [-0.2, 0) is 11.2 Å². The summed E-state index contributed by atoms with van der Waals surface area (Å²) >= 11 is 0. The fourth-order valence-corrected chi connectivity index (χ4v) is 2.53. The Morgan fingerprint density at radius 1 is 1.28 bits per heavy atom. The third kappa shape index (κ3) is 4.00. The van der Waals surface area contributed by atoms with E-state index in [1.54, 1.807) is 0 Å². The van der Waals surface area contributed by atoms with Crippen molar-refractivity contribution in [1.29, 1.82) is 0 Å². The molecule has 1 heterocycles. The van der Waals surface area contributed by atoms with Gasteiger partial charge in [0, 0.05) is 32.0 Å². The van der Waals surface area contributed by atoms with E-state index < -0.39 is 0 Å². The molecule has 3 heteroatoms. The number of hydrogen-bond acceptors (Lipinski definition) is 3. The number of rotatable bonds is 5. The summed E-state index contributed by atoms with van der Waals surface area (Å²) in [6.45, 7) is 4.12. The van der Waals surface area contributed by atoms with Crippen molar-refractivity contribution in [3.63, 3.8) is 0 Å². The van der Waals surface area contributed by atoms with Gasteiger partial charge in [0.15, 0.2) is 0 Å². The molecule has 0 saturated carbocycles. The van der Waals surface area contributed by atoms with Gasteiger partial charge in [0.2, 0.25) is 0 Å². The SMILES string of the molecule is CN(CCc1ccccc1N)CC1CCOCC1. The molecule has 0 spiro atoms. The Bertz CT molecular complexity index is 361. The third-order valence-electron chi connectivity index (χ3n) is 3.73. The quantitative estimate of drug-likeness (QED) is 0.812. The summed E-state index contributed by atoms with van der Waals surface area (Å²) in [6, 6.07) is 8.15. The fraction of sp³-hybridized carbons (Fsp3) is 0.600. The zero-order chi connectivity index (χ0) is 12.8. The Balaban J connectivity index is 1.74. The van der Waals surface area contributed by atoms with Gasteiger partial charge in [0.05, 0.1) is 0 Å². The van der Waals surface area contributed by atoms with Gasteiger partial charge < -0.3 is 15.4 Å². The van der Waals surface area contributed by atoms with Crippen molar-refractivity contribution in [3.8, 4) is 0 Å². The zero-order valence-corrected chi connectivity index (χ0v) is 11.3. The van der Waals surface area contributed by atoms with E-state index in [2.05, 4.69) is 24.1 Å². The first-order valence-corrected chi connectivity index (χ1v) is 6.85. The first-order valence-electron chi connectivity index (χ1n) is 6.85. The van der Waals surface area contributed by atoms with E-state index in [1.165, 1.54) is 24.9 Å². The molecule has 0 aromatic heterocycles. The van der Waals surface area contributed by atoms with Crippen LogP contribution < -0.4 is 5.73 Å². The van der Waals surface area contributed by atoms with Crippen molar-refractivity contribution in [2.75, 3.05) is 39.1 Å². The highest BCUT2D eigenvalue weighted by Crippen LogP contribution is 2.16. The Kier molecular flexibility index (Phi) is 5.02. The van der Waals surface area contributed by atoms with Crippen LogP contribution in [0, 0.1) is 5.92 Å². The average molecular weight is 248 g/mol. The van der Waals surface area contributed by atoms with Crippen molar-refractivity contribution in [3.05, 3.63) is 29.8 Å². The number of para-hydroxylation sites is 1. The first-order chi connectivity index (χ1) is 8.75. The topological polar surface area (TPSA) is 38.5 Å². The first kappa shape index (κ1) is 13.4. The molecule has 1 aromatic carbocycles. The molecule has 0 atom stereocenters. The predicted molar refractivity (Wildman–Crippen MR) is 75.6 cm³/mol. The van der Waals surface area contributed by atoms with Crippen LogP contribution in [0.5, 0.6) is 0 Å². The van der Waals surface area contributed by atoms with Crippen LogP contribution in [0.15, 0.2) is 24.3 Å². The van der Waals surface area contributed by atoms with Crippen LogP contribution in [0.25, 0.3) is 0 Å². The molecule has 18 heavy (non-hydrogen) atoms.